The molecule has 0 spiro atoms. The van der Waals surface area contributed by atoms with E-state index < -0.39 is 0 Å². The fourth-order valence-electron chi connectivity index (χ4n) is 1.64. The Labute approximate surface area is 107 Å². The van der Waals surface area contributed by atoms with Crippen LogP contribution in [0.3, 0.4) is 0 Å². The third kappa shape index (κ3) is 3.78. The molecule has 0 aliphatic heterocycles. The second kappa shape index (κ2) is 6.47. The van der Waals surface area contributed by atoms with Gasteiger partial charge in [-0.3, -0.25) is 10.1 Å². The van der Waals surface area contributed by atoms with Crippen molar-refractivity contribution in [1.82, 2.24) is 5.32 Å². The summed E-state index contributed by atoms with van der Waals surface area (Å²) < 4.78 is 5.15. The van der Waals surface area contributed by atoms with Crippen molar-refractivity contribution >= 4 is 5.69 Å². The van der Waals surface area contributed by atoms with E-state index >= 15 is 0 Å². The van der Waals surface area contributed by atoms with Crippen LogP contribution in [0.4, 0.5) is 5.69 Å². The predicted octanol–water partition coefficient (Wildman–Crippen LogP) is 2.59. The Hall–Kier alpha value is -1.46. The number of nitrogens with one attached hydrogen (secondary N) is 1. The molecule has 0 aliphatic rings. The standard InChI is InChI=1S/C13H20N2O3/c1-9-5-6-12(7-13(9)15(16)17)11(3)14-8-10(2)18-4/h5-7,10-11,14H,8H2,1-4H3. The summed E-state index contributed by atoms with van der Waals surface area (Å²) in [6, 6.07) is 5.38. The fourth-order valence-corrected chi connectivity index (χ4v) is 1.64. The van der Waals surface area contributed by atoms with Crippen LogP contribution >= 0.6 is 0 Å². The van der Waals surface area contributed by atoms with Crippen LogP contribution in [-0.4, -0.2) is 24.7 Å². The van der Waals surface area contributed by atoms with E-state index in [0.717, 1.165) is 5.56 Å². The van der Waals surface area contributed by atoms with Gasteiger partial charge < -0.3 is 10.1 Å². The molecule has 0 amide bonds. The zero-order chi connectivity index (χ0) is 13.7. The highest BCUT2D eigenvalue weighted by molar-refractivity contribution is 5.43. The highest BCUT2D eigenvalue weighted by atomic mass is 16.6. The van der Waals surface area contributed by atoms with Crippen molar-refractivity contribution in [2.45, 2.75) is 32.9 Å². The van der Waals surface area contributed by atoms with E-state index in [1.54, 1.807) is 26.2 Å². The Morgan fingerprint density at radius 1 is 1.44 bits per heavy atom. The Balaban J connectivity index is 2.77. The number of nitrogens with zero attached hydrogens (tertiary/aromatic N) is 1. The second-order valence-electron chi connectivity index (χ2n) is 4.48. The Bertz CT molecular complexity index is 421. The number of ether oxygens (including phenoxy) is 1. The molecule has 5 nitrogen and oxygen atoms in total. The zero-order valence-corrected chi connectivity index (χ0v) is 11.3. The van der Waals surface area contributed by atoms with Crippen LogP contribution in [0.25, 0.3) is 0 Å². The summed E-state index contributed by atoms with van der Waals surface area (Å²) in [7, 11) is 1.66. The Morgan fingerprint density at radius 3 is 2.67 bits per heavy atom. The molecule has 1 rings (SSSR count). The van der Waals surface area contributed by atoms with Gasteiger partial charge in [0, 0.05) is 31.3 Å². The molecule has 1 N–H and O–H groups in total. The van der Waals surface area contributed by atoms with Crippen molar-refractivity contribution in [1.29, 1.82) is 0 Å². The number of methoxy groups -OCH3 is 1. The predicted molar refractivity (Wildman–Crippen MR) is 70.7 cm³/mol. The molecule has 0 radical (unpaired) electrons. The second-order valence-corrected chi connectivity index (χ2v) is 4.48. The number of hydrogen-bond donors (Lipinski definition) is 1. The van der Waals surface area contributed by atoms with E-state index in [0.29, 0.717) is 12.1 Å². The molecule has 0 heterocycles. The maximum absolute atomic E-state index is 10.9. The molecule has 2 atom stereocenters. The monoisotopic (exact) mass is 252 g/mol. The summed E-state index contributed by atoms with van der Waals surface area (Å²) in [5.41, 5.74) is 1.76. The van der Waals surface area contributed by atoms with Crippen molar-refractivity contribution < 1.29 is 9.66 Å². The van der Waals surface area contributed by atoms with Gasteiger partial charge in [-0.05, 0) is 26.3 Å². The largest absolute Gasteiger partial charge is 0.380 e. The van der Waals surface area contributed by atoms with Gasteiger partial charge in [0.2, 0.25) is 0 Å². The van der Waals surface area contributed by atoms with E-state index in [-0.39, 0.29) is 22.8 Å². The molecule has 5 heteroatoms. The van der Waals surface area contributed by atoms with Gasteiger partial charge in [-0.25, -0.2) is 0 Å². The highest BCUT2D eigenvalue weighted by Gasteiger charge is 2.14. The maximum atomic E-state index is 10.9. The minimum atomic E-state index is -0.344. The fraction of sp³-hybridized carbons (Fsp3) is 0.538. The summed E-state index contributed by atoms with van der Waals surface area (Å²) in [6.45, 7) is 6.40. The molecule has 18 heavy (non-hydrogen) atoms. The van der Waals surface area contributed by atoms with E-state index in [2.05, 4.69) is 5.32 Å². The van der Waals surface area contributed by atoms with Crippen LogP contribution in [0.15, 0.2) is 18.2 Å². The van der Waals surface area contributed by atoms with Crippen LogP contribution in [0, 0.1) is 17.0 Å². The lowest BCUT2D eigenvalue weighted by atomic mass is 10.0. The Morgan fingerprint density at radius 2 is 2.11 bits per heavy atom. The van der Waals surface area contributed by atoms with Crippen LogP contribution in [0.1, 0.15) is 31.0 Å². The van der Waals surface area contributed by atoms with Gasteiger partial charge in [-0.15, -0.1) is 0 Å². The van der Waals surface area contributed by atoms with E-state index in [1.807, 2.05) is 19.9 Å². The van der Waals surface area contributed by atoms with Crippen molar-refractivity contribution in [2.24, 2.45) is 0 Å². The maximum Gasteiger partial charge on any atom is 0.272 e. The van der Waals surface area contributed by atoms with Crippen molar-refractivity contribution in [2.75, 3.05) is 13.7 Å². The number of rotatable bonds is 6. The Kier molecular flexibility index (Phi) is 5.25. The summed E-state index contributed by atoms with van der Waals surface area (Å²) in [6.07, 6.45) is 0.118. The lowest BCUT2D eigenvalue weighted by molar-refractivity contribution is -0.385. The minimum absolute atomic E-state index is 0.0573. The first-order valence-electron chi connectivity index (χ1n) is 5.96. The molecule has 2 unspecified atom stereocenters. The SMILES string of the molecule is COC(C)CNC(C)c1ccc(C)c([N+](=O)[O-])c1. The van der Waals surface area contributed by atoms with Crippen molar-refractivity contribution in [3.63, 3.8) is 0 Å². The molecule has 0 bridgehead atoms. The molecule has 0 saturated carbocycles. The molecule has 0 aliphatic carbocycles. The summed E-state index contributed by atoms with van der Waals surface area (Å²) in [4.78, 5) is 10.5. The number of benzene rings is 1. The lowest BCUT2D eigenvalue weighted by Crippen LogP contribution is -2.28. The van der Waals surface area contributed by atoms with Crippen molar-refractivity contribution in [3.05, 3.63) is 39.4 Å². The van der Waals surface area contributed by atoms with Gasteiger partial charge in [0.25, 0.3) is 5.69 Å². The topological polar surface area (TPSA) is 64.4 Å². The van der Waals surface area contributed by atoms with Crippen LogP contribution in [0.5, 0.6) is 0 Å². The normalized spacial score (nSPS) is 14.2. The first-order chi connectivity index (χ1) is 8.45. The highest BCUT2D eigenvalue weighted by Crippen LogP contribution is 2.23. The summed E-state index contributed by atoms with van der Waals surface area (Å²) in [5.74, 6) is 0. The quantitative estimate of drug-likeness (QED) is 0.624. The molecule has 0 saturated heterocycles. The van der Waals surface area contributed by atoms with Gasteiger partial charge >= 0.3 is 0 Å². The van der Waals surface area contributed by atoms with E-state index in [4.69, 9.17) is 4.74 Å². The number of nitro benzene ring substituents is 1. The first kappa shape index (κ1) is 14.6. The molecule has 0 fully saturated rings. The molecule has 1 aromatic carbocycles. The number of hydrogen-bond acceptors (Lipinski definition) is 4. The summed E-state index contributed by atoms with van der Waals surface area (Å²) in [5, 5.41) is 14.2. The number of aryl methyl sites for hydroxylation is 1. The molecular formula is C13H20N2O3. The van der Waals surface area contributed by atoms with Crippen molar-refractivity contribution in [3.8, 4) is 0 Å². The molecule has 0 aromatic heterocycles. The van der Waals surface area contributed by atoms with Gasteiger partial charge in [-0.1, -0.05) is 12.1 Å². The molecule has 1 aromatic rings. The van der Waals surface area contributed by atoms with Gasteiger partial charge in [0.15, 0.2) is 0 Å². The van der Waals surface area contributed by atoms with Gasteiger partial charge in [0.05, 0.1) is 11.0 Å². The van der Waals surface area contributed by atoms with E-state index in [9.17, 15) is 10.1 Å². The number of nitro groups is 1. The summed E-state index contributed by atoms with van der Waals surface area (Å²) >= 11 is 0. The smallest absolute Gasteiger partial charge is 0.272 e. The zero-order valence-electron chi connectivity index (χ0n) is 11.3. The lowest BCUT2D eigenvalue weighted by Gasteiger charge is -2.17. The third-order valence-electron chi connectivity index (χ3n) is 3.04. The van der Waals surface area contributed by atoms with Crippen LogP contribution < -0.4 is 5.32 Å². The molecular weight excluding hydrogens is 232 g/mol. The van der Waals surface area contributed by atoms with Gasteiger partial charge in [0.1, 0.15) is 0 Å². The first-order valence-corrected chi connectivity index (χ1v) is 5.96. The van der Waals surface area contributed by atoms with Crippen LogP contribution in [-0.2, 0) is 4.74 Å². The van der Waals surface area contributed by atoms with E-state index in [1.165, 1.54) is 0 Å². The van der Waals surface area contributed by atoms with Gasteiger partial charge in [-0.2, -0.15) is 0 Å². The van der Waals surface area contributed by atoms with Crippen LogP contribution in [0.2, 0.25) is 0 Å². The third-order valence-corrected chi connectivity index (χ3v) is 3.04. The average Bonchev–Trinajstić information content (AvgIpc) is 2.35. The average molecular weight is 252 g/mol. The molecule has 100 valence electrons. The minimum Gasteiger partial charge on any atom is -0.380 e.